The van der Waals surface area contributed by atoms with E-state index in [9.17, 15) is 4.79 Å². The second kappa shape index (κ2) is 5.61. The van der Waals surface area contributed by atoms with E-state index in [0.29, 0.717) is 16.5 Å². The molecule has 2 heterocycles. The summed E-state index contributed by atoms with van der Waals surface area (Å²) in [4.78, 5) is 20.6. The molecule has 4 nitrogen and oxygen atoms in total. The summed E-state index contributed by atoms with van der Waals surface area (Å²) in [6.45, 7) is 0. The average Bonchev–Trinajstić information content (AvgIpc) is 2.53. The van der Waals surface area contributed by atoms with Gasteiger partial charge in [0.25, 0.3) is 0 Å². The Morgan fingerprint density at radius 3 is 2.67 bits per heavy atom. The van der Waals surface area contributed by atoms with Gasteiger partial charge >= 0.3 is 5.97 Å². The fourth-order valence-electron chi connectivity index (χ4n) is 2.12. The fraction of sp³-hybridized carbons (Fsp3) is 0.0625. The molecule has 0 aliphatic carbocycles. The number of carbonyl (C=O) groups excluding carboxylic acids is 1. The first kappa shape index (κ1) is 13.7. The van der Waals surface area contributed by atoms with Gasteiger partial charge in [-0.05, 0) is 24.3 Å². The van der Waals surface area contributed by atoms with Gasteiger partial charge in [-0.1, -0.05) is 28.1 Å². The van der Waals surface area contributed by atoms with Crippen LogP contribution >= 0.6 is 15.9 Å². The summed E-state index contributed by atoms with van der Waals surface area (Å²) in [5, 5.41) is 0.685. The van der Waals surface area contributed by atoms with Crippen molar-refractivity contribution in [2.75, 3.05) is 7.11 Å². The molecule has 2 aromatic heterocycles. The molecule has 0 N–H and O–H groups in total. The number of carbonyl (C=O) groups is 1. The zero-order valence-corrected chi connectivity index (χ0v) is 12.8. The second-order valence-corrected chi connectivity index (χ2v) is 5.36. The predicted molar refractivity (Wildman–Crippen MR) is 84.0 cm³/mol. The lowest BCUT2D eigenvalue weighted by atomic mass is 10.1. The van der Waals surface area contributed by atoms with E-state index in [0.717, 1.165) is 15.7 Å². The number of esters is 1. The molecule has 0 fully saturated rings. The maximum Gasteiger partial charge on any atom is 0.338 e. The Morgan fingerprint density at radius 2 is 1.95 bits per heavy atom. The van der Waals surface area contributed by atoms with Crippen LogP contribution in [0.2, 0.25) is 0 Å². The van der Waals surface area contributed by atoms with Crippen LogP contribution in [0.15, 0.2) is 53.3 Å². The van der Waals surface area contributed by atoms with Crippen LogP contribution in [-0.4, -0.2) is 23.0 Å². The van der Waals surface area contributed by atoms with Crippen LogP contribution in [-0.2, 0) is 4.74 Å². The number of hydrogen-bond donors (Lipinski definition) is 0. The molecule has 104 valence electrons. The van der Waals surface area contributed by atoms with Crippen LogP contribution in [0.3, 0.4) is 0 Å². The average molecular weight is 343 g/mol. The first-order chi connectivity index (χ1) is 10.2. The van der Waals surface area contributed by atoms with Gasteiger partial charge in [0.15, 0.2) is 0 Å². The van der Waals surface area contributed by atoms with Crippen LogP contribution in [0.4, 0.5) is 0 Å². The van der Waals surface area contributed by atoms with Gasteiger partial charge in [0, 0.05) is 27.8 Å². The molecular weight excluding hydrogens is 332 g/mol. The van der Waals surface area contributed by atoms with E-state index in [2.05, 4.69) is 25.9 Å². The Kier molecular flexibility index (Phi) is 3.66. The lowest BCUT2D eigenvalue weighted by molar-refractivity contribution is 0.0603. The quantitative estimate of drug-likeness (QED) is 0.664. The van der Waals surface area contributed by atoms with E-state index < -0.39 is 5.97 Å². The van der Waals surface area contributed by atoms with Crippen LogP contribution in [0, 0.1) is 0 Å². The fourth-order valence-corrected chi connectivity index (χ4v) is 2.38. The maximum atomic E-state index is 12.0. The largest absolute Gasteiger partial charge is 0.465 e. The monoisotopic (exact) mass is 342 g/mol. The number of halogens is 1. The lowest BCUT2D eigenvalue weighted by Gasteiger charge is -2.08. The minimum absolute atomic E-state index is 0.395. The number of nitrogens with zero attached hydrogens (tertiary/aromatic N) is 2. The van der Waals surface area contributed by atoms with Crippen molar-refractivity contribution in [1.82, 2.24) is 9.97 Å². The van der Waals surface area contributed by atoms with Crippen LogP contribution in [0.25, 0.3) is 22.2 Å². The van der Waals surface area contributed by atoms with E-state index in [4.69, 9.17) is 4.74 Å². The van der Waals surface area contributed by atoms with Crippen LogP contribution in [0.1, 0.15) is 10.4 Å². The summed E-state index contributed by atoms with van der Waals surface area (Å²) < 4.78 is 5.84. The highest BCUT2D eigenvalue weighted by Crippen LogP contribution is 2.25. The Hall–Kier alpha value is -2.27. The number of hydrogen-bond acceptors (Lipinski definition) is 4. The summed E-state index contributed by atoms with van der Waals surface area (Å²) in [7, 11) is 1.37. The number of benzene rings is 1. The second-order valence-electron chi connectivity index (χ2n) is 4.45. The van der Waals surface area contributed by atoms with Crippen molar-refractivity contribution in [1.29, 1.82) is 0 Å². The smallest absolute Gasteiger partial charge is 0.338 e. The van der Waals surface area contributed by atoms with Gasteiger partial charge in [0.05, 0.1) is 23.9 Å². The molecule has 0 radical (unpaired) electrons. The van der Waals surface area contributed by atoms with Gasteiger partial charge in [0.2, 0.25) is 0 Å². The van der Waals surface area contributed by atoms with Gasteiger partial charge in [-0.15, -0.1) is 0 Å². The normalized spacial score (nSPS) is 10.6. The van der Waals surface area contributed by atoms with Gasteiger partial charge in [-0.2, -0.15) is 0 Å². The zero-order valence-electron chi connectivity index (χ0n) is 11.2. The van der Waals surface area contributed by atoms with Crippen LogP contribution in [0.5, 0.6) is 0 Å². The number of aromatic nitrogens is 2. The molecule has 0 unspecified atom stereocenters. The molecule has 0 amide bonds. The molecule has 0 saturated carbocycles. The van der Waals surface area contributed by atoms with E-state index in [1.165, 1.54) is 7.11 Å². The number of fused-ring (bicyclic) bond motifs is 1. The van der Waals surface area contributed by atoms with E-state index in [-0.39, 0.29) is 0 Å². The third kappa shape index (κ3) is 2.64. The van der Waals surface area contributed by atoms with Crippen molar-refractivity contribution < 1.29 is 9.53 Å². The maximum absolute atomic E-state index is 12.0. The van der Waals surface area contributed by atoms with Gasteiger partial charge in [-0.3, -0.25) is 4.98 Å². The third-order valence-electron chi connectivity index (χ3n) is 3.16. The first-order valence-electron chi connectivity index (χ1n) is 6.28. The summed E-state index contributed by atoms with van der Waals surface area (Å²) in [6, 6.07) is 11.3. The Balaban J connectivity index is 2.25. The molecule has 0 aliphatic rings. The van der Waals surface area contributed by atoms with Crippen LogP contribution < -0.4 is 0 Å². The molecule has 0 bridgehead atoms. The number of ether oxygens (including phenoxy) is 1. The SMILES string of the molecule is COC(=O)c1cc(-c2ccc(Br)cc2)nc2ccncc12. The third-order valence-corrected chi connectivity index (χ3v) is 3.68. The summed E-state index contributed by atoms with van der Waals surface area (Å²) >= 11 is 3.40. The first-order valence-corrected chi connectivity index (χ1v) is 7.07. The number of pyridine rings is 2. The molecule has 1 aromatic carbocycles. The molecule has 0 spiro atoms. The van der Waals surface area contributed by atoms with Crippen molar-refractivity contribution in [3.05, 3.63) is 58.8 Å². The van der Waals surface area contributed by atoms with Crippen molar-refractivity contribution in [2.24, 2.45) is 0 Å². The predicted octanol–water partition coefficient (Wildman–Crippen LogP) is 3.85. The summed E-state index contributed by atoms with van der Waals surface area (Å²) in [5.74, 6) is -0.395. The molecule has 0 saturated heterocycles. The van der Waals surface area contributed by atoms with Gasteiger partial charge in [-0.25, -0.2) is 9.78 Å². The molecule has 3 aromatic rings. The van der Waals surface area contributed by atoms with E-state index in [1.807, 2.05) is 24.3 Å². The molecule has 5 heteroatoms. The zero-order chi connectivity index (χ0) is 14.8. The van der Waals surface area contributed by atoms with Crippen molar-refractivity contribution in [3.63, 3.8) is 0 Å². The standard InChI is InChI=1S/C16H11BrN2O2/c1-21-16(20)12-8-15(10-2-4-11(17)5-3-10)19-14-6-7-18-9-13(12)14/h2-9H,1H3. The van der Waals surface area contributed by atoms with Crippen molar-refractivity contribution >= 4 is 32.8 Å². The lowest BCUT2D eigenvalue weighted by Crippen LogP contribution is -2.04. The molecule has 0 aliphatic heterocycles. The van der Waals surface area contributed by atoms with E-state index >= 15 is 0 Å². The number of rotatable bonds is 2. The van der Waals surface area contributed by atoms with Crippen molar-refractivity contribution in [3.8, 4) is 11.3 Å². The highest BCUT2D eigenvalue weighted by Gasteiger charge is 2.14. The Labute approximate surface area is 129 Å². The minimum atomic E-state index is -0.395. The minimum Gasteiger partial charge on any atom is -0.465 e. The van der Waals surface area contributed by atoms with E-state index in [1.54, 1.807) is 24.5 Å². The highest BCUT2D eigenvalue weighted by molar-refractivity contribution is 9.10. The Morgan fingerprint density at radius 1 is 1.19 bits per heavy atom. The molecular formula is C16H11BrN2O2. The summed E-state index contributed by atoms with van der Waals surface area (Å²) in [5.41, 5.74) is 2.84. The Bertz CT molecular complexity index is 816. The number of methoxy groups -OCH3 is 1. The van der Waals surface area contributed by atoms with Gasteiger partial charge < -0.3 is 4.74 Å². The van der Waals surface area contributed by atoms with Crippen molar-refractivity contribution in [2.45, 2.75) is 0 Å². The molecule has 3 rings (SSSR count). The molecule has 21 heavy (non-hydrogen) atoms. The summed E-state index contributed by atoms with van der Waals surface area (Å²) in [6.07, 6.45) is 3.28. The van der Waals surface area contributed by atoms with Gasteiger partial charge in [0.1, 0.15) is 0 Å². The topological polar surface area (TPSA) is 52.1 Å². The molecule has 0 atom stereocenters. The highest BCUT2D eigenvalue weighted by atomic mass is 79.9.